The molecular formula is C20H19N3O5. The van der Waals surface area contributed by atoms with Crippen LogP contribution in [0.15, 0.2) is 45.6 Å². The average Bonchev–Trinajstić information content (AvgIpc) is 3.04. The molecule has 1 aliphatic heterocycles. The van der Waals surface area contributed by atoms with Crippen LogP contribution >= 0.6 is 0 Å². The standard InChI is InChI=1S/C20H19N3O5/c24-18(21-13-4-7-17-16(11-13)23-20(26)28-17)2-1-9-27-14-5-6-15-12(10-14)3-8-19(25)22-15/h4-7,10-11H,1-3,8-9H2,(H,21,24)(H,22,25)(H,23,26). The Morgan fingerprint density at radius 3 is 2.93 bits per heavy atom. The summed E-state index contributed by atoms with van der Waals surface area (Å²) in [5.74, 6) is 0.0947. The Hall–Kier alpha value is -3.55. The van der Waals surface area contributed by atoms with Gasteiger partial charge in [-0.2, -0.15) is 0 Å². The topological polar surface area (TPSA) is 113 Å². The number of fused-ring (bicyclic) bond motifs is 2. The Kier molecular flexibility index (Phi) is 4.84. The highest BCUT2D eigenvalue weighted by Crippen LogP contribution is 2.26. The molecule has 1 aliphatic rings. The van der Waals surface area contributed by atoms with Gasteiger partial charge < -0.3 is 19.8 Å². The summed E-state index contributed by atoms with van der Waals surface area (Å²) in [5.41, 5.74) is 3.46. The van der Waals surface area contributed by atoms with Crippen LogP contribution in [0.1, 0.15) is 24.8 Å². The van der Waals surface area contributed by atoms with Gasteiger partial charge in [-0.3, -0.25) is 14.6 Å². The highest BCUT2D eigenvalue weighted by molar-refractivity contribution is 5.94. The molecule has 0 unspecified atom stereocenters. The van der Waals surface area contributed by atoms with Gasteiger partial charge in [0.05, 0.1) is 12.1 Å². The van der Waals surface area contributed by atoms with Gasteiger partial charge in [-0.1, -0.05) is 0 Å². The van der Waals surface area contributed by atoms with E-state index in [0.29, 0.717) is 49.1 Å². The van der Waals surface area contributed by atoms with Gasteiger partial charge >= 0.3 is 5.76 Å². The highest BCUT2D eigenvalue weighted by atomic mass is 16.5. The minimum Gasteiger partial charge on any atom is -0.494 e. The first-order valence-electron chi connectivity index (χ1n) is 9.05. The Balaban J connectivity index is 1.25. The van der Waals surface area contributed by atoms with E-state index in [-0.39, 0.29) is 11.8 Å². The monoisotopic (exact) mass is 381 g/mol. The molecule has 0 radical (unpaired) electrons. The second-order valence-corrected chi connectivity index (χ2v) is 6.59. The number of oxazole rings is 1. The molecular weight excluding hydrogens is 362 g/mol. The maximum Gasteiger partial charge on any atom is 0.417 e. The van der Waals surface area contributed by atoms with Crippen molar-refractivity contribution in [1.29, 1.82) is 0 Å². The summed E-state index contributed by atoms with van der Waals surface area (Å²) in [6.45, 7) is 0.409. The number of amides is 2. The zero-order valence-electron chi connectivity index (χ0n) is 15.0. The highest BCUT2D eigenvalue weighted by Gasteiger charge is 2.15. The second-order valence-electron chi connectivity index (χ2n) is 6.59. The van der Waals surface area contributed by atoms with E-state index in [1.165, 1.54) is 0 Å². The number of nitrogens with one attached hydrogen (secondary N) is 3. The zero-order valence-corrected chi connectivity index (χ0v) is 15.0. The fourth-order valence-corrected chi connectivity index (χ4v) is 3.13. The van der Waals surface area contributed by atoms with Crippen molar-refractivity contribution >= 4 is 34.3 Å². The first-order valence-corrected chi connectivity index (χ1v) is 9.05. The molecule has 0 atom stereocenters. The minimum atomic E-state index is -0.528. The van der Waals surface area contributed by atoms with Crippen molar-refractivity contribution in [3.8, 4) is 5.75 Å². The van der Waals surface area contributed by atoms with Crippen LogP contribution in [0.2, 0.25) is 0 Å². The number of H-pyrrole nitrogens is 1. The Bertz CT molecular complexity index is 1100. The van der Waals surface area contributed by atoms with Gasteiger partial charge in [-0.15, -0.1) is 0 Å². The number of hydrogen-bond acceptors (Lipinski definition) is 5. The van der Waals surface area contributed by atoms with Crippen LogP contribution in [0, 0.1) is 0 Å². The van der Waals surface area contributed by atoms with E-state index < -0.39 is 5.76 Å². The molecule has 2 aromatic carbocycles. The summed E-state index contributed by atoms with van der Waals surface area (Å²) in [6, 6.07) is 10.5. The third kappa shape index (κ3) is 4.06. The van der Waals surface area contributed by atoms with Crippen molar-refractivity contribution in [2.75, 3.05) is 17.2 Å². The molecule has 0 saturated carbocycles. The number of carbonyl (C=O) groups excluding carboxylic acids is 2. The number of rotatable bonds is 6. The molecule has 4 rings (SSSR count). The lowest BCUT2D eigenvalue weighted by Crippen LogP contribution is -2.18. The van der Waals surface area contributed by atoms with E-state index in [2.05, 4.69) is 15.6 Å². The van der Waals surface area contributed by atoms with Crippen LogP contribution < -0.4 is 21.1 Å². The molecule has 0 saturated heterocycles. The maximum absolute atomic E-state index is 12.1. The van der Waals surface area contributed by atoms with E-state index in [1.54, 1.807) is 18.2 Å². The largest absolute Gasteiger partial charge is 0.494 e. The molecule has 144 valence electrons. The van der Waals surface area contributed by atoms with E-state index in [1.807, 2.05) is 18.2 Å². The van der Waals surface area contributed by atoms with E-state index in [0.717, 1.165) is 17.0 Å². The van der Waals surface area contributed by atoms with Crippen molar-refractivity contribution in [1.82, 2.24) is 4.98 Å². The van der Waals surface area contributed by atoms with Crippen LogP contribution in [0.25, 0.3) is 11.1 Å². The molecule has 1 aromatic heterocycles. The number of benzene rings is 2. The summed E-state index contributed by atoms with van der Waals surface area (Å²) >= 11 is 0. The van der Waals surface area contributed by atoms with Gasteiger partial charge in [0, 0.05) is 24.2 Å². The number of aromatic amines is 1. The lowest BCUT2D eigenvalue weighted by Gasteiger charge is -2.17. The molecule has 8 nitrogen and oxygen atoms in total. The number of aromatic nitrogens is 1. The molecule has 3 N–H and O–H groups in total. The maximum atomic E-state index is 12.1. The number of hydrogen-bond donors (Lipinski definition) is 3. The number of aryl methyl sites for hydroxylation is 1. The third-order valence-electron chi connectivity index (χ3n) is 4.49. The molecule has 3 aromatic rings. The molecule has 0 fully saturated rings. The van der Waals surface area contributed by atoms with Crippen LogP contribution in [0.3, 0.4) is 0 Å². The van der Waals surface area contributed by atoms with Crippen LogP contribution in [-0.2, 0) is 16.0 Å². The fourth-order valence-electron chi connectivity index (χ4n) is 3.13. The number of carbonyl (C=O) groups is 2. The summed E-state index contributed by atoms with van der Waals surface area (Å²) in [4.78, 5) is 37.2. The van der Waals surface area contributed by atoms with Gasteiger partial charge in [-0.25, -0.2) is 4.79 Å². The van der Waals surface area contributed by atoms with E-state index in [9.17, 15) is 14.4 Å². The summed E-state index contributed by atoms with van der Waals surface area (Å²) < 4.78 is 10.6. The predicted octanol–water partition coefficient (Wildman–Crippen LogP) is 2.80. The molecule has 8 heteroatoms. The van der Waals surface area contributed by atoms with Crippen LogP contribution in [0.5, 0.6) is 5.75 Å². The number of ether oxygens (including phenoxy) is 1. The Morgan fingerprint density at radius 2 is 2.04 bits per heavy atom. The van der Waals surface area contributed by atoms with Crippen molar-refractivity contribution in [2.45, 2.75) is 25.7 Å². The third-order valence-corrected chi connectivity index (χ3v) is 4.49. The zero-order chi connectivity index (χ0) is 19.5. The molecule has 0 spiro atoms. The SMILES string of the molecule is O=C(CCCOc1ccc2c(c1)CCC(=O)N2)Nc1ccc2oc(=O)[nH]c2c1. The van der Waals surface area contributed by atoms with Gasteiger partial charge in [-0.05, 0) is 54.8 Å². The summed E-state index contributed by atoms with van der Waals surface area (Å²) in [6.07, 6.45) is 2.05. The molecule has 2 heterocycles. The molecule has 0 aliphatic carbocycles. The minimum absolute atomic E-state index is 0.0328. The van der Waals surface area contributed by atoms with Gasteiger partial charge in [0.1, 0.15) is 5.75 Å². The van der Waals surface area contributed by atoms with E-state index >= 15 is 0 Å². The van der Waals surface area contributed by atoms with Gasteiger partial charge in [0.25, 0.3) is 0 Å². The Morgan fingerprint density at radius 1 is 1.14 bits per heavy atom. The lowest BCUT2D eigenvalue weighted by molar-refractivity contribution is -0.117. The Labute approximate surface area is 159 Å². The fraction of sp³-hybridized carbons (Fsp3) is 0.250. The second kappa shape index (κ2) is 7.59. The predicted molar refractivity (Wildman–Crippen MR) is 104 cm³/mol. The molecule has 28 heavy (non-hydrogen) atoms. The van der Waals surface area contributed by atoms with E-state index in [4.69, 9.17) is 9.15 Å². The average molecular weight is 381 g/mol. The first-order chi connectivity index (χ1) is 13.6. The summed E-state index contributed by atoms with van der Waals surface area (Å²) in [7, 11) is 0. The van der Waals surface area contributed by atoms with Crippen LogP contribution in [0.4, 0.5) is 11.4 Å². The van der Waals surface area contributed by atoms with Crippen molar-refractivity contribution in [2.24, 2.45) is 0 Å². The van der Waals surface area contributed by atoms with Crippen LogP contribution in [-0.4, -0.2) is 23.4 Å². The molecule has 0 bridgehead atoms. The van der Waals surface area contributed by atoms with Gasteiger partial charge in [0.15, 0.2) is 5.58 Å². The smallest absolute Gasteiger partial charge is 0.417 e. The lowest BCUT2D eigenvalue weighted by atomic mass is 10.0. The van der Waals surface area contributed by atoms with Crippen molar-refractivity contribution in [3.63, 3.8) is 0 Å². The first kappa shape index (κ1) is 17.8. The molecule has 2 amide bonds. The van der Waals surface area contributed by atoms with Gasteiger partial charge in [0.2, 0.25) is 11.8 Å². The van der Waals surface area contributed by atoms with Crippen molar-refractivity contribution < 1.29 is 18.7 Å². The summed E-state index contributed by atoms with van der Waals surface area (Å²) in [5, 5.41) is 5.62. The van der Waals surface area contributed by atoms with Crippen molar-refractivity contribution in [3.05, 3.63) is 52.5 Å². The number of anilines is 2. The quantitative estimate of drug-likeness (QED) is 0.568. The normalized spacial score (nSPS) is 13.1.